The van der Waals surface area contributed by atoms with Crippen molar-refractivity contribution in [3.63, 3.8) is 0 Å². The summed E-state index contributed by atoms with van der Waals surface area (Å²) in [4.78, 5) is 31.3. The zero-order valence-corrected chi connectivity index (χ0v) is 17.5. The number of nitrogens with one attached hydrogen (secondary N) is 1. The third kappa shape index (κ3) is 4.52. The van der Waals surface area contributed by atoms with E-state index < -0.39 is 17.2 Å². The highest BCUT2D eigenvalue weighted by Gasteiger charge is 2.17. The molecule has 3 heterocycles. The molecule has 0 aliphatic rings. The van der Waals surface area contributed by atoms with Gasteiger partial charge in [-0.1, -0.05) is 25.1 Å². The van der Waals surface area contributed by atoms with Crippen LogP contribution in [0.5, 0.6) is 0 Å². The largest absolute Gasteiger partial charge is 0.382 e. The predicted molar refractivity (Wildman–Crippen MR) is 123 cm³/mol. The van der Waals surface area contributed by atoms with Crippen LogP contribution in [0.25, 0.3) is 27.8 Å². The van der Waals surface area contributed by atoms with Crippen LogP contribution >= 0.6 is 0 Å². The number of hydrogen-bond donors (Lipinski definition) is 2. The number of rotatable bonds is 2. The molecule has 0 amide bonds. The van der Waals surface area contributed by atoms with Crippen molar-refractivity contribution in [3.8, 4) is 18.5 Å². The van der Waals surface area contributed by atoms with Gasteiger partial charge in [-0.05, 0) is 24.3 Å². The van der Waals surface area contributed by atoms with E-state index in [-0.39, 0.29) is 5.69 Å². The lowest BCUT2D eigenvalue weighted by atomic mass is 10.2. The summed E-state index contributed by atoms with van der Waals surface area (Å²) in [5.41, 5.74) is 6.45. The van der Waals surface area contributed by atoms with Crippen molar-refractivity contribution in [2.75, 3.05) is 5.73 Å². The third-order valence-corrected chi connectivity index (χ3v) is 4.57. The van der Waals surface area contributed by atoms with Gasteiger partial charge >= 0.3 is 0 Å². The fraction of sp³-hybridized carbons (Fsp3) is 0.0870. The molecule has 3 aromatic heterocycles. The molecule has 0 spiro atoms. The normalized spacial score (nSPS) is 10.2. The summed E-state index contributed by atoms with van der Waals surface area (Å²) in [7, 11) is 0. The first-order valence-corrected chi connectivity index (χ1v) is 9.69. The first-order valence-electron chi connectivity index (χ1n) is 9.69. The molecular formula is C23H19F2N7O. The second kappa shape index (κ2) is 10.1. The number of nitrogens with two attached hydrogens (primary N) is 1. The van der Waals surface area contributed by atoms with Gasteiger partial charge in [0, 0.05) is 6.42 Å². The lowest BCUT2D eigenvalue weighted by Gasteiger charge is -2.13. The summed E-state index contributed by atoms with van der Waals surface area (Å²) < 4.78 is 29.0. The molecule has 3 N–H and O–H groups in total. The number of H-pyrrole nitrogens is 1. The quantitative estimate of drug-likeness (QED) is 0.401. The Kier molecular flexibility index (Phi) is 7.05. The molecule has 33 heavy (non-hydrogen) atoms. The van der Waals surface area contributed by atoms with Crippen LogP contribution in [0.1, 0.15) is 12.7 Å². The van der Waals surface area contributed by atoms with Crippen LogP contribution in [-0.2, 0) is 6.42 Å². The van der Waals surface area contributed by atoms with Crippen molar-refractivity contribution in [1.29, 1.82) is 0 Å². The number of para-hydroxylation sites is 2. The molecule has 8 nitrogen and oxygen atoms in total. The van der Waals surface area contributed by atoms with Gasteiger partial charge in [-0.15, -0.1) is 12.8 Å². The van der Waals surface area contributed by atoms with Crippen LogP contribution in [0.2, 0.25) is 0 Å². The lowest BCUT2D eigenvalue weighted by molar-refractivity contribution is 0.561. The molecule has 0 bridgehead atoms. The van der Waals surface area contributed by atoms with Gasteiger partial charge in [-0.3, -0.25) is 9.36 Å². The van der Waals surface area contributed by atoms with Gasteiger partial charge in [0.25, 0.3) is 5.56 Å². The molecule has 0 radical (unpaired) electrons. The number of hydrogen-bond acceptors (Lipinski definition) is 6. The van der Waals surface area contributed by atoms with Gasteiger partial charge in [0.1, 0.15) is 35.0 Å². The number of nitrogens with zero attached hydrogens (tertiary/aromatic N) is 5. The monoisotopic (exact) mass is 447 g/mol. The maximum absolute atomic E-state index is 14.0. The van der Waals surface area contributed by atoms with Gasteiger partial charge in [-0.2, -0.15) is 0 Å². The number of nitrogen functional groups attached to an aromatic ring is 1. The maximum Gasteiger partial charge on any atom is 0.266 e. The van der Waals surface area contributed by atoms with Crippen LogP contribution in [0.4, 0.5) is 14.6 Å². The van der Waals surface area contributed by atoms with Crippen molar-refractivity contribution in [2.45, 2.75) is 13.3 Å². The Morgan fingerprint density at radius 1 is 1.03 bits per heavy atom. The number of aromatic amines is 1. The van der Waals surface area contributed by atoms with Gasteiger partial charge in [0.2, 0.25) is 0 Å². The average Bonchev–Trinajstić information content (AvgIpc) is 3.32. The van der Waals surface area contributed by atoms with Crippen molar-refractivity contribution >= 4 is 27.9 Å². The van der Waals surface area contributed by atoms with E-state index in [1.54, 1.807) is 31.2 Å². The summed E-state index contributed by atoms with van der Waals surface area (Å²) in [6, 6.07) is 10.3. The van der Waals surface area contributed by atoms with Crippen molar-refractivity contribution < 1.29 is 8.78 Å². The molecule has 2 aromatic carbocycles. The zero-order chi connectivity index (χ0) is 24.0. The number of imidazole rings is 1. The molecule has 5 rings (SSSR count). The zero-order valence-electron chi connectivity index (χ0n) is 17.5. The van der Waals surface area contributed by atoms with Crippen LogP contribution in [0.15, 0.2) is 59.9 Å². The Hall–Kier alpha value is -4.65. The molecule has 10 heteroatoms. The van der Waals surface area contributed by atoms with Crippen molar-refractivity contribution in [2.24, 2.45) is 0 Å². The summed E-state index contributed by atoms with van der Waals surface area (Å²) in [5, 5.41) is 0.331. The van der Waals surface area contributed by atoms with Gasteiger partial charge in [0.05, 0.1) is 17.2 Å². The van der Waals surface area contributed by atoms with Crippen molar-refractivity contribution in [1.82, 2.24) is 29.5 Å². The Balaban J connectivity index is 0.000000212. The summed E-state index contributed by atoms with van der Waals surface area (Å²) in [6.07, 6.45) is 11.3. The van der Waals surface area contributed by atoms with E-state index in [9.17, 15) is 13.6 Å². The van der Waals surface area contributed by atoms with Crippen LogP contribution < -0.4 is 11.3 Å². The molecule has 0 unspecified atom stereocenters. The molecule has 0 atom stereocenters. The van der Waals surface area contributed by atoms with Gasteiger partial charge in [-0.25, -0.2) is 28.7 Å². The second-order valence-electron chi connectivity index (χ2n) is 6.47. The number of anilines is 1. The molecule has 5 aromatic rings. The number of benzene rings is 2. The van der Waals surface area contributed by atoms with Crippen LogP contribution in [0, 0.1) is 24.5 Å². The highest BCUT2D eigenvalue weighted by Crippen LogP contribution is 2.19. The lowest BCUT2D eigenvalue weighted by Crippen LogP contribution is -2.25. The highest BCUT2D eigenvalue weighted by atomic mass is 19.1. The second-order valence-corrected chi connectivity index (χ2v) is 6.47. The van der Waals surface area contributed by atoms with E-state index in [1.807, 2.05) is 0 Å². The molecule has 0 saturated heterocycles. The van der Waals surface area contributed by atoms with E-state index in [2.05, 4.69) is 37.8 Å². The fourth-order valence-electron chi connectivity index (χ4n) is 3.13. The summed E-state index contributed by atoms with van der Waals surface area (Å²) in [5.74, 6) is -0.821. The minimum atomic E-state index is -0.788. The first-order chi connectivity index (χ1) is 16.0. The molecule has 166 valence electrons. The van der Waals surface area contributed by atoms with E-state index in [0.717, 1.165) is 16.7 Å². The topological polar surface area (TPSA) is 115 Å². The SMILES string of the molecule is C#C.CCc1nc2ccccc2c(=O)n1-c1c(F)cccc1F.Nc1ncnc2nc[nH]c12. The first kappa shape index (κ1) is 23.0. The van der Waals surface area contributed by atoms with E-state index in [4.69, 9.17) is 5.73 Å². The number of terminal acetylenes is 1. The maximum atomic E-state index is 14.0. The Bertz CT molecular complexity index is 1470. The Morgan fingerprint density at radius 3 is 2.39 bits per heavy atom. The predicted octanol–water partition coefficient (Wildman–Crippen LogP) is 3.41. The molecular weight excluding hydrogens is 428 g/mol. The molecule has 0 saturated carbocycles. The van der Waals surface area contributed by atoms with Crippen LogP contribution in [0.3, 0.4) is 0 Å². The van der Waals surface area contributed by atoms with Gasteiger partial charge in [0.15, 0.2) is 11.5 Å². The van der Waals surface area contributed by atoms with Crippen molar-refractivity contribution in [3.05, 3.63) is 82.9 Å². The Labute approximate surface area is 187 Å². The summed E-state index contributed by atoms with van der Waals surface area (Å²) in [6.45, 7) is 1.78. The summed E-state index contributed by atoms with van der Waals surface area (Å²) >= 11 is 0. The van der Waals surface area contributed by atoms with Crippen LogP contribution in [-0.4, -0.2) is 29.5 Å². The minimum absolute atomic E-state index is 0.322. The number of halogens is 2. The van der Waals surface area contributed by atoms with Gasteiger partial charge < -0.3 is 10.7 Å². The van der Waals surface area contributed by atoms with E-state index in [0.29, 0.717) is 40.1 Å². The molecule has 0 aliphatic carbocycles. The standard InChI is InChI=1S/C16H12F2N2O.C5H5N5.C2H2/c1-2-14-19-13-9-4-3-6-10(13)16(21)20(14)15-11(17)7-5-8-12(15)18;6-4-3-5(9-1-7-3)10-2-8-4;1-2/h3-9H,2H2,1H3;1-2H,(H3,6,7,8,9,10);1-2H. The average molecular weight is 447 g/mol. The molecule has 0 fully saturated rings. The fourth-order valence-corrected chi connectivity index (χ4v) is 3.13. The Morgan fingerprint density at radius 2 is 1.73 bits per heavy atom. The van der Waals surface area contributed by atoms with E-state index >= 15 is 0 Å². The smallest absolute Gasteiger partial charge is 0.266 e. The minimum Gasteiger partial charge on any atom is -0.382 e. The number of aromatic nitrogens is 6. The molecule has 0 aliphatic heterocycles. The number of fused-ring (bicyclic) bond motifs is 2. The number of aryl methyl sites for hydroxylation is 1. The van der Waals surface area contributed by atoms with E-state index in [1.165, 1.54) is 18.7 Å². The third-order valence-electron chi connectivity index (χ3n) is 4.57. The highest BCUT2D eigenvalue weighted by molar-refractivity contribution is 5.80.